The van der Waals surface area contributed by atoms with Crippen LogP contribution in [0.4, 0.5) is 0 Å². The minimum Gasteiger partial charge on any atom is -0.808 e. The largest absolute Gasteiger partial charge is 0.808 e. The Kier molecular flexibility index (Phi) is 27.7. The molecule has 0 radical (unpaired) electrons. The molecule has 0 N–H and O–H groups in total. The number of hydrogen-bond donors (Lipinski definition) is 0. The van der Waals surface area contributed by atoms with Crippen molar-refractivity contribution in [2.24, 2.45) is 0 Å². The molecule has 0 aliphatic heterocycles. The standard InChI is InChI=1S/4C4H9.CH4Cl2O6P2.2Sn/c4*1-3-4-2;2-1(3,10(4,5)6)11(7,8)9;;/h4*1,3-4H2,2H3;(H2,4,5,6)(H2,7,8,9);;/q;;;;;2*+2/p-4. The van der Waals surface area contributed by atoms with E-state index in [0.717, 1.165) is 0 Å². The predicted octanol–water partition coefficient (Wildman–Crippen LogP) is 4.16. The van der Waals surface area contributed by atoms with Crippen molar-refractivity contribution in [1.29, 1.82) is 0 Å². The molecular weight excluding hydrogens is 670 g/mol. The van der Waals surface area contributed by atoms with Gasteiger partial charge in [-0.05, 0) is 15.2 Å². The number of halogens is 2. The Morgan fingerprint density at radius 2 is 0.828 bits per heavy atom. The van der Waals surface area contributed by atoms with E-state index in [1.807, 2.05) is 0 Å². The van der Waals surface area contributed by atoms with E-state index in [9.17, 15) is 28.7 Å². The molecule has 6 nitrogen and oxygen atoms in total. The van der Waals surface area contributed by atoms with Crippen LogP contribution in [0.3, 0.4) is 0 Å². The summed E-state index contributed by atoms with van der Waals surface area (Å²) in [5, 5.41) is 0. The Balaban J connectivity index is -0.000000352. The molecule has 0 aliphatic rings. The van der Waals surface area contributed by atoms with Crippen molar-refractivity contribution >= 4 is 80.7 Å². The normalized spacial score (nSPS) is 11.4. The second kappa shape index (κ2) is 22.3. The van der Waals surface area contributed by atoms with E-state index in [2.05, 4.69) is 50.9 Å². The summed E-state index contributed by atoms with van der Waals surface area (Å²) in [6, 6.07) is 0. The minimum absolute atomic E-state index is 0.149. The first kappa shape index (κ1) is 36.1. The minimum atomic E-state index is -5.85. The van der Waals surface area contributed by atoms with E-state index in [0.29, 0.717) is 0 Å². The SMILES string of the molecule is CCC[CH2][Sn+2][CH2]CCC.CCC[CH2][Sn+2][CH2]CCC.O=P([O-])([O-])C(Cl)(Cl)P(=O)([O-])[O-]. The van der Waals surface area contributed by atoms with Crippen LogP contribution in [0.5, 0.6) is 0 Å². The summed E-state index contributed by atoms with van der Waals surface area (Å²) < 4.78 is 22.6. The number of unbranched alkanes of at least 4 members (excludes halogenated alkanes) is 4. The van der Waals surface area contributed by atoms with Crippen molar-refractivity contribution in [1.82, 2.24) is 0 Å². The molecular formula is C17H36Cl2O6P2Sn2. The Morgan fingerprint density at radius 3 is 0.931 bits per heavy atom. The van der Waals surface area contributed by atoms with E-state index in [-0.39, 0.29) is 42.3 Å². The molecule has 0 aromatic heterocycles. The van der Waals surface area contributed by atoms with Gasteiger partial charge < -0.3 is 28.7 Å². The fourth-order valence-corrected chi connectivity index (χ4v) is 11.1. The van der Waals surface area contributed by atoms with Gasteiger partial charge in [-0.1, -0.05) is 23.2 Å². The third-order valence-electron chi connectivity index (χ3n) is 3.49. The Labute approximate surface area is 208 Å². The molecule has 29 heavy (non-hydrogen) atoms. The van der Waals surface area contributed by atoms with Gasteiger partial charge in [0.25, 0.3) is 0 Å². The molecule has 0 amide bonds. The van der Waals surface area contributed by atoms with Gasteiger partial charge in [0.1, 0.15) is 0 Å². The van der Waals surface area contributed by atoms with Gasteiger partial charge in [-0.15, -0.1) is 0 Å². The number of hydrogen-bond acceptors (Lipinski definition) is 6. The van der Waals surface area contributed by atoms with Crippen molar-refractivity contribution in [3.8, 4) is 0 Å². The Hall–Kier alpha value is 2.48. The summed E-state index contributed by atoms with van der Waals surface area (Å²) >= 11 is 9.25. The van der Waals surface area contributed by atoms with Crippen molar-refractivity contribution < 1.29 is 28.7 Å². The second-order valence-electron chi connectivity index (χ2n) is 6.42. The van der Waals surface area contributed by atoms with Crippen LogP contribution in [0.1, 0.15) is 79.1 Å². The first-order valence-electron chi connectivity index (χ1n) is 10.2. The fraction of sp³-hybridized carbons (Fsp3) is 1.00. The smallest absolute Gasteiger partial charge is 0.169 e. The summed E-state index contributed by atoms with van der Waals surface area (Å²) in [4.78, 5) is 39.7. The van der Waals surface area contributed by atoms with E-state index in [4.69, 9.17) is 0 Å². The maximum absolute atomic E-state index is 9.94. The number of rotatable bonds is 14. The second-order valence-corrected chi connectivity index (χ2v) is 21.0. The van der Waals surface area contributed by atoms with Crippen molar-refractivity contribution in [3.63, 3.8) is 0 Å². The number of alkyl halides is 2. The van der Waals surface area contributed by atoms with Crippen LogP contribution in [0.2, 0.25) is 17.7 Å². The molecule has 0 spiro atoms. The Morgan fingerprint density at radius 1 is 0.621 bits per heavy atom. The van der Waals surface area contributed by atoms with Gasteiger partial charge in [-0.3, -0.25) is 0 Å². The first-order valence-corrected chi connectivity index (χ1v) is 22.1. The average Bonchev–Trinajstić information content (AvgIpc) is 2.61. The molecule has 0 aliphatic carbocycles. The maximum atomic E-state index is 9.94. The molecule has 12 heteroatoms. The zero-order valence-corrected chi connectivity index (χ0v) is 27.1. The maximum Gasteiger partial charge on any atom is 0.169 e. The zero-order valence-electron chi connectivity index (χ0n) is 18.1. The first-order chi connectivity index (χ1) is 13.3. The van der Waals surface area contributed by atoms with Gasteiger partial charge in [0, 0.05) is 0 Å². The van der Waals surface area contributed by atoms with Gasteiger partial charge >= 0.3 is 139 Å². The van der Waals surface area contributed by atoms with Crippen LogP contribution in [-0.4, -0.2) is 46.1 Å². The quantitative estimate of drug-likeness (QED) is 0.116. The van der Waals surface area contributed by atoms with Gasteiger partial charge in [-0.2, -0.15) is 0 Å². The van der Waals surface area contributed by atoms with Crippen LogP contribution in [0.25, 0.3) is 0 Å². The van der Waals surface area contributed by atoms with Crippen molar-refractivity contribution in [3.05, 3.63) is 0 Å². The monoisotopic (exact) mass is 708 g/mol. The van der Waals surface area contributed by atoms with Crippen molar-refractivity contribution in [2.75, 3.05) is 0 Å². The van der Waals surface area contributed by atoms with E-state index in [1.54, 1.807) is 17.7 Å². The summed E-state index contributed by atoms with van der Waals surface area (Å²) in [6.45, 7) is 9.16. The van der Waals surface area contributed by atoms with E-state index < -0.39 is 19.0 Å². The molecule has 0 saturated heterocycles. The summed E-state index contributed by atoms with van der Waals surface area (Å²) in [5.41, 5.74) is 0. The van der Waals surface area contributed by atoms with Crippen LogP contribution in [0.15, 0.2) is 0 Å². The topological polar surface area (TPSA) is 126 Å². The van der Waals surface area contributed by atoms with Crippen LogP contribution < -0.4 is 19.6 Å². The third-order valence-corrected chi connectivity index (χ3v) is 16.8. The van der Waals surface area contributed by atoms with E-state index >= 15 is 0 Å². The third kappa shape index (κ3) is 23.4. The molecule has 0 atom stereocenters. The molecule has 0 aromatic carbocycles. The van der Waals surface area contributed by atoms with Gasteiger partial charge in [0.2, 0.25) is 0 Å². The van der Waals surface area contributed by atoms with Crippen LogP contribution in [-0.2, 0) is 9.13 Å². The van der Waals surface area contributed by atoms with Gasteiger partial charge in [0.05, 0.1) is 0 Å². The summed E-state index contributed by atoms with van der Waals surface area (Å²) in [5.74, 6) is 0. The Bertz CT molecular complexity index is 398. The molecule has 0 bridgehead atoms. The van der Waals surface area contributed by atoms with E-state index in [1.165, 1.54) is 51.4 Å². The average molecular weight is 707 g/mol. The van der Waals surface area contributed by atoms with Gasteiger partial charge in [0.15, 0.2) is 3.82 Å². The zero-order chi connectivity index (χ0) is 23.4. The molecule has 0 aromatic rings. The summed E-state index contributed by atoms with van der Waals surface area (Å²) in [6.07, 6.45) is 11.7. The fourth-order valence-electron chi connectivity index (χ4n) is 1.61. The predicted molar refractivity (Wildman–Crippen MR) is 120 cm³/mol. The van der Waals surface area contributed by atoms with Gasteiger partial charge in [-0.25, -0.2) is 0 Å². The molecule has 0 heterocycles. The molecule has 0 rings (SSSR count). The molecule has 0 saturated carbocycles. The van der Waals surface area contributed by atoms with Crippen LogP contribution in [0, 0.1) is 0 Å². The van der Waals surface area contributed by atoms with Crippen LogP contribution >= 0.6 is 38.4 Å². The molecule has 0 unspecified atom stereocenters. The summed E-state index contributed by atoms with van der Waals surface area (Å²) in [7, 11) is -11.7. The molecule has 0 fully saturated rings. The molecule has 172 valence electrons. The van der Waals surface area contributed by atoms with Crippen molar-refractivity contribution in [2.45, 2.75) is 101 Å².